The van der Waals surface area contributed by atoms with E-state index in [2.05, 4.69) is 41.2 Å². The van der Waals surface area contributed by atoms with Gasteiger partial charge in [-0.05, 0) is 116 Å². The molecule has 4 nitrogen and oxygen atoms in total. The van der Waals surface area contributed by atoms with E-state index in [-0.39, 0.29) is 27.6 Å². The van der Waals surface area contributed by atoms with Crippen LogP contribution in [0.15, 0.2) is 12.2 Å². The number of rotatable bonds is 2. The second kappa shape index (κ2) is 7.81. The van der Waals surface area contributed by atoms with E-state index in [1.54, 1.807) is 7.11 Å². The van der Waals surface area contributed by atoms with Gasteiger partial charge in [0.15, 0.2) is 0 Å². The number of hydrogen-bond donors (Lipinski definition) is 2. The lowest BCUT2D eigenvalue weighted by Crippen LogP contribution is -2.66. The second-order valence-corrected chi connectivity index (χ2v) is 14.2. The number of hydrogen-bond acceptors (Lipinski definition) is 4. The molecule has 5 aliphatic rings. The Hall–Kier alpha value is -0.870. The zero-order valence-electron chi connectivity index (χ0n) is 22.4. The van der Waals surface area contributed by atoms with Gasteiger partial charge in [0.05, 0.1) is 24.7 Å². The molecule has 0 amide bonds. The summed E-state index contributed by atoms with van der Waals surface area (Å²) in [6.45, 7) is 15.9. The summed E-state index contributed by atoms with van der Waals surface area (Å²) in [5.41, 5.74) is 0.910. The monoisotopic (exact) mass is 472 g/mol. The molecule has 0 aromatic rings. The number of allylic oxidation sites excluding steroid dienone is 1. The maximum Gasteiger partial charge on any atom is 0.312 e. The fourth-order valence-corrected chi connectivity index (χ4v) is 11.5. The van der Waals surface area contributed by atoms with E-state index in [0.717, 1.165) is 32.1 Å². The van der Waals surface area contributed by atoms with E-state index in [9.17, 15) is 15.0 Å². The Labute approximate surface area is 206 Å². The van der Waals surface area contributed by atoms with Gasteiger partial charge in [0, 0.05) is 0 Å². The average Bonchev–Trinajstić information content (AvgIpc) is 3.18. The zero-order valence-corrected chi connectivity index (χ0v) is 22.4. The predicted molar refractivity (Wildman–Crippen MR) is 134 cm³/mol. The molecule has 0 heterocycles. The molecule has 2 N–H and O–H groups in total. The Bertz CT molecular complexity index is 864. The van der Waals surface area contributed by atoms with Crippen LogP contribution in [0, 0.1) is 57.2 Å². The minimum atomic E-state index is -0.642. The lowest BCUT2D eigenvalue weighted by Gasteiger charge is -2.69. The molecule has 0 aliphatic heterocycles. The van der Waals surface area contributed by atoms with Crippen LogP contribution in [0.2, 0.25) is 0 Å². The van der Waals surface area contributed by atoms with Gasteiger partial charge in [0.1, 0.15) is 0 Å². The number of esters is 1. The highest BCUT2D eigenvalue weighted by molar-refractivity contribution is 5.78. The molecule has 0 aromatic heterocycles. The largest absolute Gasteiger partial charge is 0.469 e. The Morgan fingerprint density at radius 2 is 1.59 bits per heavy atom. The predicted octanol–water partition coefficient (Wildman–Crippen LogP) is 5.76. The molecule has 192 valence electrons. The van der Waals surface area contributed by atoms with Gasteiger partial charge in [-0.2, -0.15) is 0 Å². The van der Waals surface area contributed by atoms with Crippen molar-refractivity contribution in [3.05, 3.63) is 12.2 Å². The van der Waals surface area contributed by atoms with E-state index < -0.39 is 12.2 Å². The Morgan fingerprint density at radius 1 is 0.912 bits per heavy atom. The zero-order chi connectivity index (χ0) is 24.8. The van der Waals surface area contributed by atoms with E-state index in [1.807, 2.05) is 0 Å². The standard InChI is InChI=1S/C30H48O4/c1-17(2)18-10-14-30(26(33)34-7)15-11-20-19(24(18)30)8-9-23-28(20,5)13-12-22-27(3,4)25(32)21(31)16-29(22,23)6/h18-25,31-32H,1,8-16H2,2-7H3/t18-,19?,20?,21+,22?,23?,24?,25+,28-,29-,30-/m0/s1. The van der Waals surface area contributed by atoms with Gasteiger partial charge in [-0.25, -0.2) is 0 Å². The summed E-state index contributed by atoms with van der Waals surface area (Å²) >= 11 is 0. The van der Waals surface area contributed by atoms with Crippen LogP contribution in [-0.4, -0.2) is 35.5 Å². The van der Waals surface area contributed by atoms with Crippen LogP contribution in [0.4, 0.5) is 0 Å². The third-order valence-electron chi connectivity index (χ3n) is 12.7. The Morgan fingerprint density at radius 3 is 2.24 bits per heavy atom. The number of carbonyl (C=O) groups excluding carboxylic acids is 1. The van der Waals surface area contributed by atoms with Crippen LogP contribution in [0.1, 0.15) is 92.4 Å². The molecule has 0 bridgehead atoms. The summed E-state index contributed by atoms with van der Waals surface area (Å²) in [6, 6.07) is 0. The summed E-state index contributed by atoms with van der Waals surface area (Å²) < 4.78 is 5.45. The molecule has 0 radical (unpaired) electrons. The molecule has 5 saturated carbocycles. The highest BCUT2D eigenvalue weighted by Crippen LogP contribution is 2.73. The van der Waals surface area contributed by atoms with Gasteiger partial charge < -0.3 is 14.9 Å². The molecular weight excluding hydrogens is 424 g/mol. The van der Waals surface area contributed by atoms with E-state index in [1.165, 1.54) is 24.8 Å². The smallest absolute Gasteiger partial charge is 0.312 e. The van der Waals surface area contributed by atoms with Crippen LogP contribution < -0.4 is 0 Å². The van der Waals surface area contributed by atoms with Crippen molar-refractivity contribution < 1.29 is 19.7 Å². The summed E-state index contributed by atoms with van der Waals surface area (Å²) in [5.74, 6) is 2.94. The lowest BCUT2D eigenvalue weighted by atomic mass is 9.36. The SMILES string of the molecule is C=C(C)[C@@H]1CC[C@]2(C(=O)OC)CCC3C(CCC4[C@@]3(C)CCC3C(C)(C)[C@H](O)[C@H](O)C[C@@]34C)C12. The van der Waals surface area contributed by atoms with Gasteiger partial charge in [0.25, 0.3) is 0 Å². The molecule has 0 spiro atoms. The Kier molecular flexibility index (Phi) is 5.70. The molecule has 5 fully saturated rings. The van der Waals surface area contributed by atoms with Crippen molar-refractivity contribution in [1.29, 1.82) is 0 Å². The van der Waals surface area contributed by atoms with Crippen LogP contribution in [0.5, 0.6) is 0 Å². The molecule has 5 rings (SSSR count). The lowest BCUT2D eigenvalue weighted by molar-refractivity contribution is -0.240. The van der Waals surface area contributed by atoms with E-state index in [0.29, 0.717) is 41.9 Å². The number of carbonyl (C=O) groups is 1. The molecule has 11 atom stereocenters. The van der Waals surface area contributed by atoms with E-state index >= 15 is 0 Å². The summed E-state index contributed by atoms with van der Waals surface area (Å²) in [6.07, 6.45) is 8.16. The van der Waals surface area contributed by atoms with Gasteiger partial charge in [-0.1, -0.05) is 39.8 Å². The third kappa shape index (κ3) is 3.00. The maximum absolute atomic E-state index is 13.2. The van der Waals surface area contributed by atoms with Crippen molar-refractivity contribution in [3.8, 4) is 0 Å². The molecule has 34 heavy (non-hydrogen) atoms. The fourth-order valence-electron chi connectivity index (χ4n) is 11.5. The van der Waals surface area contributed by atoms with Gasteiger partial charge >= 0.3 is 5.97 Å². The first-order valence-electron chi connectivity index (χ1n) is 13.9. The minimum Gasteiger partial charge on any atom is -0.469 e. The van der Waals surface area contributed by atoms with Crippen molar-refractivity contribution in [1.82, 2.24) is 0 Å². The summed E-state index contributed by atoms with van der Waals surface area (Å²) in [5, 5.41) is 21.8. The number of aliphatic hydroxyl groups excluding tert-OH is 2. The maximum atomic E-state index is 13.2. The summed E-state index contributed by atoms with van der Waals surface area (Å²) in [7, 11) is 1.57. The van der Waals surface area contributed by atoms with E-state index in [4.69, 9.17) is 4.74 Å². The van der Waals surface area contributed by atoms with Crippen molar-refractivity contribution in [3.63, 3.8) is 0 Å². The van der Waals surface area contributed by atoms with Crippen molar-refractivity contribution >= 4 is 5.97 Å². The quantitative estimate of drug-likeness (QED) is 0.396. The molecule has 0 saturated heterocycles. The first kappa shape index (κ1) is 24.8. The Balaban J connectivity index is 1.52. The highest BCUT2D eigenvalue weighted by atomic mass is 16.5. The fraction of sp³-hybridized carbons (Fsp3) is 0.900. The van der Waals surface area contributed by atoms with Gasteiger partial charge in [-0.3, -0.25) is 4.79 Å². The molecular formula is C30H48O4. The third-order valence-corrected chi connectivity index (χ3v) is 12.7. The second-order valence-electron chi connectivity index (χ2n) is 14.2. The topological polar surface area (TPSA) is 66.8 Å². The number of methoxy groups -OCH3 is 1. The van der Waals surface area contributed by atoms with Crippen LogP contribution in [0.25, 0.3) is 0 Å². The van der Waals surface area contributed by atoms with Crippen LogP contribution >= 0.6 is 0 Å². The molecule has 5 unspecified atom stereocenters. The van der Waals surface area contributed by atoms with Crippen molar-refractivity contribution in [2.24, 2.45) is 57.2 Å². The number of ether oxygens (including phenoxy) is 1. The van der Waals surface area contributed by atoms with Crippen molar-refractivity contribution in [2.45, 2.75) is 105 Å². The van der Waals surface area contributed by atoms with Crippen LogP contribution in [0.3, 0.4) is 0 Å². The van der Waals surface area contributed by atoms with Gasteiger partial charge in [0.2, 0.25) is 0 Å². The number of aliphatic hydroxyl groups is 2. The average molecular weight is 473 g/mol. The van der Waals surface area contributed by atoms with Crippen molar-refractivity contribution in [2.75, 3.05) is 7.11 Å². The minimum absolute atomic E-state index is 0.0220. The highest BCUT2D eigenvalue weighted by Gasteiger charge is 2.69. The normalized spacial score (nSPS) is 53.6. The first-order chi connectivity index (χ1) is 15.8. The summed E-state index contributed by atoms with van der Waals surface area (Å²) in [4.78, 5) is 13.2. The first-order valence-corrected chi connectivity index (χ1v) is 13.9. The molecule has 4 heteroatoms. The molecule has 5 aliphatic carbocycles. The number of fused-ring (bicyclic) bond motifs is 7. The van der Waals surface area contributed by atoms with Crippen LogP contribution in [-0.2, 0) is 9.53 Å². The molecule has 0 aromatic carbocycles. The van der Waals surface area contributed by atoms with Gasteiger partial charge in [-0.15, -0.1) is 0 Å².